The number of ketones is 1. The molecule has 50 heavy (non-hydrogen) atoms. The minimum Gasteiger partial charge on any atom is -0.469 e. The van der Waals surface area contributed by atoms with Crippen molar-refractivity contribution in [1.82, 2.24) is 4.98 Å². The Bertz CT molecular complexity index is 1360. The van der Waals surface area contributed by atoms with Crippen LogP contribution in [0.5, 0.6) is 0 Å². The van der Waals surface area contributed by atoms with Gasteiger partial charge in [-0.25, -0.2) is 4.98 Å². The van der Waals surface area contributed by atoms with Gasteiger partial charge in [0.25, 0.3) is 0 Å². The maximum absolute atomic E-state index is 14.6. The number of aliphatic hydroxyl groups is 1. The lowest BCUT2D eigenvalue weighted by atomic mass is 9.73. The molecule has 7 nitrogen and oxygen atoms in total. The van der Waals surface area contributed by atoms with Crippen LogP contribution in [0.15, 0.2) is 34.8 Å². The zero-order valence-electron chi connectivity index (χ0n) is 34.7. The first-order valence-electron chi connectivity index (χ1n) is 18.1. The number of carbonyl (C=O) groups excluding carboxylic acids is 2. The van der Waals surface area contributed by atoms with Gasteiger partial charge in [0.15, 0.2) is 16.6 Å². The normalized spacial score (nSPS) is 17.4. The van der Waals surface area contributed by atoms with Gasteiger partial charge in [0.1, 0.15) is 5.78 Å². The summed E-state index contributed by atoms with van der Waals surface area (Å²) in [5.74, 6) is -0.867. The molecule has 1 rings (SSSR count). The minimum atomic E-state index is -2.34. The highest BCUT2D eigenvalue weighted by molar-refractivity contribution is 7.09. The lowest BCUT2D eigenvalue weighted by Crippen LogP contribution is -2.54. The highest BCUT2D eigenvalue weighted by Crippen LogP contribution is 2.44. The molecule has 10 heteroatoms. The van der Waals surface area contributed by atoms with Crippen molar-refractivity contribution >= 4 is 45.8 Å². The maximum Gasteiger partial charge on any atom is 0.308 e. The fraction of sp³-hybridized carbons (Fsp3) is 0.725. The van der Waals surface area contributed by atoms with E-state index < -0.39 is 40.2 Å². The number of aryl methyl sites for hydroxylation is 1. The van der Waals surface area contributed by atoms with Crippen LogP contribution in [0, 0.1) is 24.2 Å². The van der Waals surface area contributed by atoms with Gasteiger partial charge in [0, 0.05) is 16.7 Å². The van der Waals surface area contributed by atoms with E-state index in [1.165, 1.54) is 7.11 Å². The number of methoxy groups -OCH3 is 1. The quantitative estimate of drug-likeness (QED) is 0.0907. The van der Waals surface area contributed by atoms with Crippen LogP contribution in [0.25, 0.3) is 6.08 Å². The number of nitrogens with zero attached hydrogens (tertiary/aromatic N) is 1. The van der Waals surface area contributed by atoms with Crippen LogP contribution in [0.3, 0.4) is 0 Å². The van der Waals surface area contributed by atoms with Crippen molar-refractivity contribution in [3.8, 4) is 0 Å². The zero-order valence-corrected chi connectivity index (χ0v) is 37.6. The molecule has 0 aliphatic heterocycles. The van der Waals surface area contributed by atoms with Gasteiger partial charge in [-0.2, -0.15) is 0 Å². The molecular formula is C40H71NO6SSi2. The second-order valence-electron chi connectivity index (χ2n) is 17.8. The fourth-order valence-electron chi connectivity index (χ4n) is 5.22. The SMILES string of the molecule is COC(=O)C[C@H](O[Si](C)(C)C(C)(C)C)C(C)(C)C(=O)[C@H](C)[C@@H](O[Si](C)(C)C(C)(C)C)[C@@H](C)/C=C\C/C(C)=C\C[C@H](O)/C(C)=C/c1csc(C)n1. The highest BCUT2D eigenvalue weighted by atomic mass is 32.1. The number of aliphatic hydroxyl groups excluding tert-OH is 1. The molecule has 0 aliphatic rings. The number of aromatic nitrogens is 1. The Balaban J connectivity index is 3.33. The number of esters is 1. The van der Waals surface area contributed by atoms with Crippen molar-refractivity contribution in [3.63, 3.8) is 0 Å². The van der Waals surface area contributed by atoms with E-state index in [4.69, 9.17) is 13.6 Å². The number of hydrogen-bond donors (Lipinski definition) is 1. The molecule has 0 saturated carbocycles. The first kappa shape index (κ1) is 46.3. The predicted molar refractivity (Wildman–Crippen MR) is 217 cm³/mol. The third-order valence-electron chi connectivity index (χ3n) is 11.0. The summed E-state index contributed by atoms with van der Waals surface area (Å²) >= 11 is 1.60. The Morgan fingerprint density at radius 3 is 1.98 bits per heavy atom. The van der Waals surface area contributed by atoms with Crippen molar-refractivity contribution in [2.75, 3.05) is 7.11 Å². The van der Waals surface area contributed by atoms with Crippen LogP contribution >= 0.6 is 11.3 Å². The molecule has 0 amide bonds. The van der Waals surface area contributed by atoms with E-state index in [0.29, 0.717) is 6.42 Å². The second-order valence-corrected chi connectivity index (χ2v) is 28.4. The number of carbonyl (C=O) groups is 2. The smallest absolute Gasteiger partial charge is 0.308 e. The van der Waals surface area contributed by atoms with E-state index in [1.54, 1.807) is 11.3 Å². The molecule has 1 heterocycles. The molecular weight excluding hydrogens is 679 g/mol. The van der Waals surface area contributed by atoms with Gasteiger partial charge in [-0.05, 0) is 87.4 Å². The Labute approximate surface area is 311 Å². The largest absolute Gasteiger partial charge is 0.469 e. The van der Waals surface area contributed by atoms with Gasteiger partial charge in [0.2, 0.25) is 0 Å². The van der Waals surface area contributed by atoms with Crippen molar-refractivity contribution in [1.29, 1.82) is 0 Å². The number of ether oxygens (including phenoxy) is 1. The average Bonchev–Trinajstić information content (AvgIpc) is 3.39. The Hall–Kier alpha value is -1.70. The second kappa shape index (κ2) is 18.4. The Kier molecular flexibility index (Phi) is 17.0. The summed E-state index contributed by atoms with van der Waals surface area (Å²) in [5, 5.41) is 13.6. The summed E-state index contributed by atoms with van der Waals surface area (Å²) in [5.41, 5.74) is 1.96. The summed E-state index contributed by atoms with van der Waals surface area (Å²) in [6, 6.07) is 0. The highest BCUT2D eigenvalue weighted by Gasteiger charge is 2.49. The van der Waals surface area contributed by atoms with Gasteiger partial charge in [-0.3, -0.25) is 9.59 Å². The number of Topliss-reactive ketones (excluding diaryl/α,β-unsaturated/α-hetero) is 1. The Morgan fingerprint density at radius 2 is 1.50 bits per heavy atom. The van der Waals surface area contributed by atoms with E-state index in [-0.39, 0.29) is 40.3 Å². The van der Waals surface area contributed by atoms with Gasteiger partial charge in [0.05, 0.1) is 42.5 Å². The van der Waals surface area contributed by atoms with Crippen molar-refractivity contribution in [2.24, 2.45) is 17.3 Å². The molecule has 0 fully saturated rings. The third kappa shape index (κ3) is 13.4. The van der Waals surface area contributed by atoms with Crippen LogP contribution < -0.4 is 0 Å². The van der Waals surface area contributed by atoms with Crippen molar-refractivity contribution in [2.45, 2.75) is 164 Å². The van der Waals surface area contributed by atoms with Gasteiger partial charge in [-0.1, -0.05) is 93.0 Å². The number of rotatable bonds is 18. The van der Waals surface area contributed by atoms with E-state index in [2.05, 4.69) is 105 Å². The monoisotopic (exact) mass is 749 g/mol. The molecule has 286 valence electrons. The topological polar surface area (TPSA) is 95.0 Å². The first-order valence-corrected chi connectivity index (χ1v) is 24.8. The lowest BCUT2D eigenvalue weighted by molar-refractivity contribution is -0.148. The number of hydrogen-bond acceptors (Lipinski definition) is 8. The molecule has 0 saturated heterocycles. The van der Waals surface area contributed by atoms with Crippen molar-refractivity contribution in [3.05, 3.63) is 45.5 Å². The predicted octanol–water partition coefficient (Wildman–Crippen LogP) is 10.7. The Morgan fingerprint density at radius 1 is 0.960 bits per heavy atom. The third-order valence-corrected chi connectivity index (χ3v) is 20.8. The molecule has 1 aromatic rings. The summed E-state index contributed by atoms with van der Waals surface area (Å²) in [6.07, 6.45) is 8.05. The minimum absolute atomic E-state index is 0.0118. The fourth-order valence-corrected chi connectivity index (χ4v) is 8.69. The summed E-state index contributed by atoms with van der Waals surface area (Å²) in [6.45, 7) is 35.8. The molecule has 1 N–H and O–H groups in total. The number of thiazole rings is 1. The van der Waals surface area contributed by atoms with E-state index in [1.807, 2.05) is 46.1 Å². The molecule has 0 spiro atoms. The van der Waals surface area contributed by atoms with Gasteiger partial charge >= 0.3 is 5.97 Å². The van der Waals surface area contributed by atoms with E-state index in [9.17, 15) is 14.7 Å². The molecule has 0 radical (unpaired) electrons. The van der Waals surface area contributed by atoms with Crippen LogP contribution in [0.1, 0.15) is 113 Å². The van der Waals surface area contributed by atoms with Crippen LogP contribution in [0.2, 0.25) is 36.3 Å². The standard InChI is InChI=1S/C40H71NO6SSi2/c1-27(22-23-33(42)29(3)24-32-26-48-31(5)41-32)20-19-21-28(2)36(47-50(17,18)39(9,10)11)30(4)37(44)40(12,13)34(25-35(43)45-14)46-49(15,16)38(6,7)8/h19,21-22,24,26,28,30,33-34,36,42H,20,23,25H2,1-18H3/b21-19-,27-22-,29-24+/t28-,30+,33-,34-,36-/m0/s1. The average molecular weight is 750 g/mol. The van der Waals surface area contributed by atoms with Crippen LogP contribution in [0.4, 0.5) is 0 Å². The van der Waals surface area contributed by atoms with Crippen LogP contribution in [-0.2, 0) is 23.2 Å². The molecule has 0 bridgehead atoms. The van der Waals surface area contributed by atoms with E-state index in [0.717, 1.165) is 28.3 Å². The first-order chi connectivity index (χ1) is 22.6. The molecule has 1 aromatic heterocycles. The van der Waals surface area contributed by atoms with Crippen molar-refractivity contribution < 1.29 is 28.3 Å². The summed E-state index contributed by atoms with van der Waals surface area (Å²) < 4.78 is 19.0. The lowest BCUT2D eigenvalue weighted by Gasteiger charge is -2.46. The van der Waals surface area contributed by atoms with Gasteiger partial charge < -0.3 is 18.7 Å². The molecule has 0 aromatic carbocycles. The van der Waals surface area contributed by atoms with Gasteiger partial charge in [-0.15, -0.1) is 11.3 Å². The van der Waals surface area contributed by atoms with E-state index >= 15 is 0 Å². The molecule has 0 aliphatic carbocycles. The molecule has 0 unspecified atom stereocenters. The zero-order chi connectivity index (χ0) is 39.0. The summed E-state index contributed by atoms with van der Waals surface area (Å²) in [4.78, 5) is 31.8. The molecule has 5 atom stereocenters. The van der Waals surface area contributed by atoms with Crippen LogP contribution in [-0.4, -0.2) is 63.9 Å². The maximum atomic E-state index is 14.6. The number of allylic oxidation sites excluding steroid dienone is 2. The summed E-state index contributed by atoms with van der Waals surface area (Å²) in [7, 11) is -3.24.